The Labute approximate surface area is 592 Å². The topological polar surface area (TPSA) is 259 Å². The van der Waals surface area contributed by atoms with E-state index in [1.165, 1.54) is 35.2 Å². The zero-order valence-electron chi connectivity index (χ0n) is 57.9. The van der Waals surface area contributed by atoms with Gasteiger partial charge in [-0.2, -0.15) is 31.3 Å². The third kappa shape index (κ3) is 16.2. The van der Waals surface area contributed by atoms with Crippen LogP contribution in [0.2, 0.25) is 0 Å². The summed E-state index contributed by atoms with van der Waals surface area (Å²) >= 11 is 0. The number of nitrogens with zero attached hydrogens (tertiary/aromatic N) is 8. The molecule has 0 aliphatic carbocycles. The number of aromatic nitrogens is 2. The van der Waals surface area contributed by atoms with Gasteiger partial charge in [-0.15, -0.1) is 0 Å². The molecule has 5 aromatic carbocycles. The number of alkyl halides is 3. The molecule has 5 aliphatic rings. The van der Waals surface area contributed by atoms with Crippen LogP contribution in [0.4, 0.5) is 36.1 Å². The third-order valence-electron chi connectivity index (χ3n) is 19.8. The summed E-state index contributed by atoms with van der Waals surface area (Å²) in [6.45, 7) is 20.8. The molecule has 1 aromatic heterocycles. The molecule has 2 atom stereocenters. The lowest BCUT2D eigenvalue weighted by molar-refractivity contribution is -0.401. The second kappa shape index (κ2) is 30.5. The van der Waals surface area contributed by atoms with Gasteiger partial charge in [0, 0.05) is 141 Å². The van der Waals surface area contributed by atoms with Gasteiger partial charge < -0.3 is 34.5 Å². The van der Waals surface area contributed by atoms with Crippen molar-refractivity contribution in [1.29, 1.82) is 0 Å². The number of halogens is 3. The number of hydrogen-bond acceptors (Lipinski definition) is 15. The van der Waals surface area contributed by atoms with Crippen LogP contribution in [0.25, 0.3) is 5.69 Å². The van der Waals surface area contributed by atoms with E-state index in [0.717, 1.165) is 71.5 Å². The molecule has 540 valence electrons. The summed E-state index contributed by atoms with van der Waals surface area (Å²) in [5.74, 6) is -1.73. The van der Waals surface area contributed by atoms with Crippen molar-refractivity contribution in [2.75, 3.05) is 107 Å². The molecule has 5 aliphatic heterocycles. The van der Waals surface area contributed by atoms with Crippen molar-refractivity contribution in [2.24, 2.45) is 0 Å². The van der Waals surface area contributed by atoms with Crippen molar-refractivity contribution in [3.05, 3.63) is 197 Å². The molecule has 2 saturated heterocycles. The Balaban J connectivity index is 0.686. The first-order valence-corrected chi connectivity index (χ1v) is 37.0. The van der Waals surface area contributed by atoms with E-state index in [-0.39, 0.29) is 27.8 Å². The van der Waals surface area contributed by atoms with Crippen molar-refractivity contribution in [3.63, 3.8) is 0 Å². The number of fused-ring (bicyclic) bond motifs is 3. The predicted molar refractivity (Wildman–Crippen MR) is 380 cm³/mol. The number of ether oxygens (including phenoxy) is 2. The van der Waals surface area contributed by atoms with Gasteiger partial charge in [0.1, 0.15) is 34.8 Å². The molecule has 6 aromatic rings. The second-order valence-corrected chi connectivity index (χ2v) is 30.0. The van der Waals surface area contributed by atoms with Crippen LogP contribution in [0.3, 0.4) is 0 Å². The number of carbonyl (C=O) groups excluding carboxylic acids is 4. The first kappa shape index (κ1) is 74.1. The normalized spacial score (nSPS) is 19.0. The van der Waals surface area contributed by atoms with Crippen LogP contribution in [0.15, 0.2) is 173 Å². The van der Waals surface area contributed by atoms with Crippen LogP contribution in [0, 0.1) is 0 Å². The second-order valence-electron chi connectivity index (χ2n) is 27.2. The number of likely N-dealkylation sites (N-methyl/N-ethyl adjacent to an activating group) is 1. The number of unbranched alkanes of at least 4 members (excludes halogenated alkanes) is 2. The number of anilines is 3. The Hall–Kier alpha value is -9.09. The number of allylic oxidation sites excluding steroid dienone is 6. The summed E-state index contributed by atoms with van der Waals surface area (Å²) < 4.78 is 127. The fourth-order valence-corrected chi connectivity index (χ4v) is 15.3. The predicted octanol–water partition coefficient (Wildman–Crippen LogP) is 10.1. The maximum Gasteiger partial charge on any atom is 0.416 e. The van der Waals surface area contributed by atoms with Gasteiger partial charge in [0.2, 0.25) is 11.6 Å². The summed E-state index contributed by atoms with van der Waals surface area (Å²) in [5.41, 5.74) is 4.65. The van der Waals surface area contributed by atoms with Crippen LogP contribution in [0.1, 0.15) is 111 Å². The van der Waals surface area contributed by atoms with E-state index < -0.39 is 72.5 Å². The molecule has 6 heterocycles. The number of benzene rings is 5. The van der Waals surface area contributed by atoms with Gasteiger partial charge in [-0.05, 0) is 130 Å². The molecule has 102 heavy (non-hydrogen) atoms. The van der Waals surface area contributed by atoms with Gasteiger partial charge in [-0.1, -0.05) is 69.3 Å². The van der Waals surface area contributed by atoms with Gasteiger partial charge in [0.25, 0.3) is 27.8 Å². The molecule has 4 amide bonds. The molecule has 22 nitrogen and oxygen atoms in total. The Kier molecular flexibility index (Phi) is 22.1. The number of nitrogens with one attached hydrogen (secondary N) is 2. The molecule has 2 fully saturated rings. The highest BCUT2D eigenvalue weighted by atomic mass is 32.2. The summed E-state index contributed by atoms with van der Waals surface area (Å²) in [5, 5.41) is 10.5. The first-order valence-electron chi connectivity index (χ1n) is 34.1. The lowest BCUT2D eigenvalue weighted by Gasteiger charge is -2.38. The molecule has 27 heteroatoms. The van der Waals surface area contributed by atoms with Gasteiger partial charge in [-0.25, -0.2) is 13.1 Å². The Morgan fingerprint density at radius 1 is 0.804 bits per heavy atom. The van der Waals surface area contributed by atoms with Gasteiger partial charge in [0.15, 0.2) is 5.71 Å². The first-order chi connectivity index (χ1) is 48.4. The molecule has 3 N–H and O–H groups in total. The molecule has 0 spiro atoms. The number of piperazine rings is 1. The maximum absolute atomic E-state index is 14.9. The zero-order chi connectivity index (χ0) is 73.1. The summed E-state index contributed by atoms with van der Waals surface area (Å²) in [7, 11) is -7.23. The zero-order valence-corrected chi connectivity index (χ0v) is 59.5. The highest BCUT2D eigenvalue weighted by molar-refractivity contribution is 7.86. The van der Waals surface area contributed by atoms with E-state index in [0.29, 0.717) is 131 Å². The minimum atomic E-state index is -4.72. The van der Waals surface area contributed by atoms with Crippen LogP contribution in [0.5, 0.6) is 5.75 Å². The molecular formula is C75H85F3N10O12S2. The number of hydrogen-bond donors (Lipinski definition) is 3. The molecule has 0 saturated carbocycles. The van der Waals surface area contributed by atoms with E-state index >= 15 is 0 Å². The van der Waals surface area contributed by atoms with Crippen LogP contribution in [-0.4, -0.2) is 183 Å². The summed E-state index contributed by atoms with van der Waals surface area (Å²) in [6, 6.07) is 25.8. The number of morpholine rings is 1. The van der Waals surface area contributed by atoms with Crippen LogP contribution < -0.4 is 25.2 Å². The highest BCUT2D eigenvalue weighted by Gasteiger charge is 2.47. The quantitative estimate of drug-likeness (QED) is 0.0158. The molecule has 0 unspecified atom stereocenters. The average Bonchev–Trinajstić information content (AvgIpc) is 1.57. The van der Waals surface area contributed by atoms with E-state index in [1.807, 2.05) is 98.9 Å². The standard InChI is InChI=1S/C75H85F3N10O12S2/c1-8-86-71-59(67(68(72(86)92)81-70(91)52-20-15-21-53(43-52)75(76,77)78)51-19-16-22-54(44-51)80-69(90)50(2)49-84-38-41-99-42-39-84)48-79-88(71)55-23-17-24-56(45-55)100-40-18-32-83-34-36-85(37-35-83)66(89)27-13-10-14-33-87-63-31-29-58(102(96,97)98)47-61(63)74(5,6)65(87)26-12-9-11-25-64-73(3,4)60-46-57(101(93,94)95)28-30-62(60)82(64)7/h9,11-12,15-17,19-26,28-31,43-48,67-68H,2,8,10,13-14,18,27,32-42,49H2,1,3-7H3,(H3-,80,81,90,91,93,94,95,96,97,98)/t67-,68+/m1/s1. The monoisotopic (exact) mass is 1440 g/mol. The van der Waals surface area contributed by atoms with Crippen molar-refractivity contribution in [1.82, 2.24) is 29.8 Å². The number of carbonyl (C=O) groups is 4. The lowest BCUT2D eigenvalue weighted by atomic mass is 9.81. The molecular weight excluding hydrogens is 1350 g/mol. The van der Waals surface area contributed by atoms with E-state index in [1.54, 1.807) is 54.2 Å². The van der Waals surface area contributed by atoms with Crippen LogP contribution >= 0.6 is 0 Å². The van der Waals surface area contributed by atoms with E-state index in [2.05, 4.69) is 31.9 Å². The van der Waals surface area contributed by atoms with Crippen LogP contribution in [-0.2, 0) is 56.4 Å². The van der Waals surface area contributed by atoms with Crippen molar-refractivity contribution in [3.8, 4) is 11.4 Å². The smallest absolute Gasteiger partial charge is 0.416 e. The maximum atomic E-state index is 14.9. The summed E-state index contributed by atoms with van der Waals surface area (Å²) in [4.78, 5) is 65.5. The largest absolute Gasteiger partial charge is 0.744 e. The van der Waals surface area contributed by atoms with E-state index in [9.17, 15) is 58.3 Å². The Morgan fingerprint density at radius 3 is 2.25 bits per heavy atom. The minimum Gasteiger partial charge on any atom is -0.744 e. The number of amides is 4. The highest BCUT2D eigenvalue weighted by Crippen LogP contribution is 2.49. The fourth-order valence-electron chi connectivity index (χ4n) is 14.3. The van der Waals surface area contributed by atoms with Gasteiger partial charge >= 0.3 is 6.18 Å². The third-order valence-corrected chi connectivity index (χ3v) is 21.4. The minimum absolute atomic E-state index is 0.0923. The molecule has 11 rings (SSSR count). The Bertz CT molecular complexity index is 4590. The van der Waals surface area contributed by atoms with Crippen molar-refractivity contribution in [2.45, 2.75) is 105 Å². The van der Waals surface area contributed by atoms with Gasteiger partial charge in [-0.3, -0.25) is 38.4 Å². The molecule has 0 bridgehead atoms. The Morgan fingerprint density at radius 2 is 1.53 bits per heavy atom. The number of rotatable bonds is 25. The fraction of sp³-hybridized carbons (Fsp3) is 0.387. The summed E-state index contributed by atoms with van der Waals surface area (Å²) in [6.07, 6.45) is 9.73. The lowest BCUT2D eigenvalue weighted by Crippen LogP contribution is -2.55. The molecule has 0 radical (unpaired) electrons. The van der Waals surface area contributed by atoms with Gasteiger partial charge in [0.05, 0.1) is 52.5 Å². The SMILES string of the molecule is C=C(CN1CCOCC1)C(=O)Nc1cccc([C@@H]2c3cnn(-c4cccc(OCCCN5CCN(C(=O)CCCCCN6/C(=C/C=C/C=C/C7=[N+](C)c8ccc(S(=O)(=O)[O-])cc8C7(C)C)C(C)(C)c7cc(S(=O)(=O)O)ccc76)CC5)c4)c3N(CC)C(=O)[C@H]2NC(=O)c2cccc(C(F)(F)F)c2)c1. The average molecular weight is 1440 g/mol. The van der Waals surface area contributed by atoms with Crippen molar-refractivity contribution < 1.29 is 72.3 Å². The van der Waals surface area contributed by atoms with E-state index in [4.69, 9.17) is 14.6 Å². The van der Waals surface area contributed by atoms with Crippen molar-refractivity contribution >= 4 is 72.5 Å².